The van der Waals surface area contributed by atoms with Crippen LogP contribution in [-0.2, 0) is 18.9 Å². The molecule has 0 bridgehead atoms. The molecule has 0 aliphatic carbocycles. The normalized spacial score (nSPS) is 10.6. The zero-order chi connectivity index (χ0) is 22.7. The average Bonchev–Trinajstić information content (AvgIpc) is 2.84. The molecular weight excluding hydrogens is 416 g/mol. The first-order chi connectivity index (χ1) is 15.8. The predicted octanol–water partition coefficient (Wildman–Crippen LogP) is 2.84. The molecule has 0 unspecified atom stereocenters. The van der Waals surface area contributed by atoms with E-state index in [4.69, 9.17) is 28.4 Å². The molecule has 0 amide bonds. The zero-order valence-corrected chi connectivity index (χ0v) is 18.1. The largest absolute Gasteiger partial charge is 0.491 e. The van der Waals surface area contributed by atoms with Crippen molar-refractivity contribution in [3.63, 3.8) is 0 Å². The van der Waals surface area contributed by atoms with Gasteiger partial charge in [0.2, 0.25) is 0 Å². The van der Waals surface area contributed by atoms with Crippen LogP contribution in [0.3, 0.4) is 0 Å². The van der Waals surface area contributed by atoms with Crippen molar-refractivity contribution < 1.29 is 38.0 Å². The lowest BCUT2D eigenvalue weighted by atomic mass is 10.2. The Kier molecular flexibility index (Phi) is 13.4. The van der Waals surface area contributed by atoms with E-state index in [1.54, 1.807) is 48.5 Å². The third kappa shape index (κ3) is 11.6. The minimum atomic E-state index is 0.404. The van der Waals surface area contributed by atoms with E-state index in [2.05, 4.69) is 0 Å². The molecule has 2 aromatic carbocycles. The van der Waals surface area contributed by atoms with Crippen LogP contribution in [0, 0.1) is 0 Å². The lowest BCUT2D eigenvalue weighted by Gasteiger charge is -2.09. The van der Waals surface area contributed by atoms with Crippen LogP contribution >= 0.6 is 0 Å². The molecular formula is C24H30O8. The predicted molar refractivity (Wildman–Crippen MR) is 118 cm³/mol. The van der Waals surface area contributed by atoms with Crippen molar-refractivity contribution in [3.8, 4) is 11.5 Å². The lowest BCUT2D eigenvalue weighted by Crippen LogP contribution is -2.14. The fraction of sp³-hybridized carbons (Fsp3) is 0.417. The molecule has 0 aliphatic heterocycles. The first kappa shape index (κ1) is 25.5. The standard InChI is InChI=1S/C24H30O8/c25-19-21-3-1-5-23(17-21)31-15-13-29-11-9-27-7-8-28-10-12-30-14-16-32-24-6-2-4-22(18-24)20-26/h1-6,17-20H,7-16H2. The molecule has 0 aromatic heterocycles. The monoisotopic (exact) mass is 446 g/mol. The summed E-state index contributed by atoms with van der Waals surface area (Å²) in [5.74, 6) is 1.29. The van der Waals surface area contributed by atoms with Crippen molar-refractivity contribution in [2.45, 2.75) is 0 Å². The van der Waals surface area contributed by atoms with E-state index >= 15 is 0 Å². The first-order valence-electron chi connectivity index (χ1n) is 10.5. The summed E-state index contributed by atoms with van der Waals surface area (Å²) in [6.07, 6.45) is 1.57. The van der Waals surface area contributed by atoms with Crippen molar-refractivity contribution in [2.75, 3.05) is 66.1 Å². The van der Waals surface area contributed by atoms with E-state index in [0.717, 1.165) is 12.6 Å². The minimum Gasteiger partial charge on any atom is -0.491 e. The smallest absolute Gasteiger partial charge is 0.150 e. The number of rotatable bonds is 19. The van der Waals surface area contributed by atoms with Crippen molar-refractivity contribution in [2.24, 2.45) is 0 Å². The highest BCUT2D eigenvalue weighted by atomic mass is 16.6. The fourth-order valence-electron chi connectivity index (χ4n) is 2.55. The van der Waals surface area contributed by atoms with Crippen molar-refractivity contribution >= 4 is 12.6 Å². The third-order valence-electron chi connectivity index (χ3n) is 4.10. The summed E-state index contributed by atoms with van der Waals surface area (Å²) in [5, 5.41) is 0. The maximum absolute atomic E-state index is 10.7. The molecule has 2 aromatic rings. The second-order valence-corrected chi connectivity index (χ2v) is 6.53. The van der Waals surface area contributed by atoms with Gasteiger partial charge in [0.1, 0.15) is 37.3 Å². The average molecular weight is 446 g/mol. The summed E-state index contributed by atoms with van der Waals surface area (Å²) in [7, 11) is 0. The molecule has 0 aliphatic rings. The van der Waals surface area contributed by atoms with Crippen LogP contribution in [0.4, 0.5) is 0 Å². The quantitative estimate of drug-likeness (QED) is 0.240. The minimum absolute atomic E-state index is 0.404. The van der Waals surface area contributed by atoms with Crippen LogP contribution < -0.4 is 9.47 Å². The summed E-state index contributed by atoms with van der Waals surface area (Å²) in [4.78, 5) is 21.4. The fourth-order valence-corrected chi connectivity index (χ4v) is 2.55. The van der Waals surface area contributed by atoms with Gasteiger partial charge in [-0.3, -0.25) is 9.59 Å². The van der Waals surface area contributed by atoms with Crippen LogP contribution in [0.5, 0.6) is 11.5 Å². The van der Waals surface area contributed by atoms with Crippen LogP contribution in [0.25, 0.3) is 0 Å². The Balaban J connectivity index is 1.31. The molecule has 2 rings (SSSR count). The van der Waals surface area contributed by atoms with Gasteiger partial charge in [-0.1, -0.05) is 24.3 Å². The highest BCUT2D eigenvalue weighted by molar-refractivity contribution is 5.75. The Morgan fingerprint density at radius 2 is 0.844 bits per heavy atom. The summed E-state index contributed by atoms with van der Waals surface area (Å²) < 4.78 is 32.7. The second kappa shape index (κ2) is 16.9. The second-order valence-electron chi connectivity index (χ2n) is 6.53. The summed E-state index contributed by atoms with van der Waals surface area (Å²) in [5.41, 5.74) is 1.16. The van der Waals surface area contributed by atoms with E-state index in [0.29, 0.717) is 88.7 Å². The maximum atomic E-state index is 10.7. The number of aldehydes is 2. The molecule has 0 spiro atoms. The van der Waals surface area contributed by atoms with E-state index in [1.807, 2.05) is 0 Å². The van der Waals surface area contributed by atoms with Gasteiger partial charge < -0.3 is 28.4 Å². The van der Waals surface area contributed by atoms with Gasteiger partial charge in [-0.25, -0.2) is 0 Å². The summed E-state index contributed by atoms with van der Waals surface area (Å²) >= 11 is 0. The first-order valence-corrected chi connectivity index (χ1v) is 10.5. The molecule has 174 valence electrons. The molecule has 0 saturated carbocycles. The van der Waals surface area contributed by atoms with E-state index in [9.17, 15) is 9.59 Å². The third-order valence-corrected chi connectivity index (χ3v) is 4.10. The number of carbonyl (C=O) groups excluding carboxylic acids is 2. The van der Waals surface area contributed by atoms with Crippen molar-refractivity contribution in [1.29, 1.82) is 0 Å². The van der Waals surface area contributed by atoms with Gasteiger partial charge in [-0.2, -0.15) is 0 Å². The Bertz CT molecular complexity index is 715. The van der Waals surface area contributed by atoms with Crippen molar-refractivity contribution in [3.05, 3.63) is 59.7 Å². The lowest BCUT2D eigenvalue weighted by molar-refractivity contribution is -0.00699. The number of hydrogen-bond donors (Lipinski definition) is 0. The molecule has 8 heteroatoms. The van der Waals surface area contributed by atoms with E-state index < -0.39 is 0 Å². The maximum Gasteiger partial charge on any atom is 0.150 e. The number of ether oxygens (including phenoxy) is 6. The zero-order valence-electron chi connectivity index (χ0n) is 18.1. The molecule has 0 radical (unpaired) electrons. The summed E-state index contributed by atoms with van der Waals surface area (Å²) in [6, 6.07) is 14.0. The Morgan fingerprint density at radius 1 is 0.500 bits per heavy atom. The van der Waals surface area contributed by atoms with Gasteiger partial charge in [0, 0.05) is 11.1 Å². The molecule has 0 atom stereocenters. The van der Waals surface area contributed by atoms with Crippen LogP contribution in [-0.4, -0.2) is 78.6 Å². The van der Waals surface area contributed by atoms with Gasteiger partial charge in [0.15, 0.2) is 0 Å². The highest BCUT2D eigenvalue weighted by Gasteiger charge is 1.98. The molecule has 32 heavy (non-hydrogen) atoms. The van der Waals surface area contributed by atoms with Crippen LogP contribution in [0.15, 0.2) is 48.5 Å². The van der Waals surface area contributed by atoms with Gasteiger partial charge in [-0.05, 0) is 24.3 Å². The number of hydrogen-bond acceptors (Lipinski definition) is 8. The van der Waals surface area contributed by atoms with Gasteiger partial charge in [-0.15, -0.1) is 0 Å². The van der Waals surface area contributed by atoms with E-state index in [-0.39, 0.29) is 0 Å². The van der Waals surface area contributed by atoms with Gasteiger partial charge in [0.05, 0.1) is 52.9 Å². The van der Waals surface area contributed by atoms with Gasteiger partial charge in [0.25, 0.3) is 0 Å². The summed E-state index contributed by atoms with van der Waals surface area (Å²) in [6.45, 7) is 4.54. The van der Waals surface area contributed by atoms with Crippen LogP contribution in [0.2, 0.25) is 0 Å². The SMILES string of the molecule is O=Cc1cccc(OCCOCCOCCOCCOCCOc2cccc(C=O)c2)c1. The van der Waals surface area contributed by atoms with Crippen molar-refractivity contribution in [1.82, 2.24) is 0 Å². The van der Waals surface area contributed by atoms with Gasteiger partial charge >= 0.3 is 0 Å². The topological polar surface area (TPSA) is 89.5 Å². The highest BCUT2D eigenvalue weighted by Crippen LogP contribution is 2.12. The molecule has 0 N–H and O–H groups in total. The number of benzene rings is 2. The molecule has 0 heterocycles. The van der Waals surface area contributed by atoms with Crippen LogP contribution in [0.1, 0.15) is 20.7 Å². The molecule has 0 fully saturated rings. The Morgan fingerprint density at radius 3 is 1.19 bits per heavy atom. The van der Waals surface area contributed by atoms with E-state index in [1.165, 1.54) is 0 Å². The molecule has 0 saturated heterocycles. The molecule has 8 nitrogen and oxygen atoms in total. The number of carbonyl (C=O) groups is 2. The Labute approximate surface area is 188 Å². The Hall–Kier alpha value is -2.78.